The molecule has 2 atom stereocenters. The number of hydrogen-bond donors (Lipinski definition) is 2. The molecule has 2 aliphatic rings. The average molecular weight is 577 g/mol. The Hall–Kier alpha value is -4.06. The number of nitrogens with zero attached hydrogens (tertiary/aromatic N) is 2. The van der Waals surface area contributed by atoms with E-state index in [0.29, 0.717) is 12.2 Å². The van der Waals surface area contributed by atoms with Gasteiger partial charge in [0.15, 0.2) is 23.1 Å². The topological polar surface area (TPSA) is 96.5 Å². The number of aromatic amines is 1. The van der Waals surface area contributed by atoms with Crippen LogP contribution >= 0.6 is 11.8 Å². The van der Waals surface area contributed by atoms with E-state index >= 15 is 0 Å². The fourth-order valence-corrected chi connectivity index (χ4v) is 6.22. The minimum absolute atomic E-state index is 0.0191. The molecule has 1 saturated heterocycles. The molecule has 0 aliphatic carbocycles. The maximum absolute atomic E-state index is 15.0. The standard InChI is InChI=1S/C30H26F2N4O4S/c31-22-6-5-19-21(26(22)32)17-41-24-4-2-1-3-20(24)27(19)35-25-16-39-14-13-36(25)30(38)28-29(23(37)9-12-34-28)40-15-18-7-10-33-11-8-18/h1-12,25,27,35H,13-17H2,(H,34,37)/t25-,27-/m0/s1. The van der Waals surface area contributed by atoms with E-state index in [-0.39, 0.29) is 42.5 Å². The number of amides is 1. The minimum Gasteiger partial charge on any atom is -0.483 e. The number of halogens is 2. The van der Waals surface area contributed by atoms with E-state index in [1.807, 2.05) is 24.3 Å². The van der Waals surface area contributed by atoms with Crippen molar-refractivity contribution < 1.29 is 23.0 Å². The monoisotopic (exact) mass is 576 g/mol. The second-order valence-electron chi connectivity index (χ2n) is 9.63. The van der Waals surface area contributed by atoms with Crippen molar-refractivity contribution in [2.75, 3.05) is 19.8 Å². The predicted octanol–water partition coefficient (Wildman–Crippen LogP) is 4.41. The highest BCUT2D eigenvalue weighted by atomic mass is 32.2. The van der Waals surface area contributed by atoms with E-state index in [9.17, 15) is 18.4 Å². The number of thioether (sulfide) groups is 1. The summed E-state index contributed by atoms with van der Waals surface area (Å²) in [5.74, 6) is -2.05. The van der Waals surface area contributed by atoms with Crippen molar-refractivity contribution in [1.82, 2.24) is 20.2 Å². The Kier molecular flexibility index (Phi) is 7.82. The molecular formula is C30H26F2N4O4S. The Morgan fingerprint density at radius 2 is 1.95 bits per heavy atom. The first-order valence-corrected chi connectivity index (χ1v) is 14.1. The third-order valence-corrected chi connectivity index (χ3v) is 8.27. The first-order valence-electron chi connectivity index (χ1n) is 13.1. The van der Waals surface area contributed by atoms with Crippen LogP contribution in [-0.4, -0.2) is 46.7 Å². The summed E-state index contributed by atoms with van der Waals surface area (Å²) in [7, 11) is 0. The fraction of sp³-hybridized carbons (Fsp3) is 0.233. The molecular weight excluding hydrogens is 550 g/mol. The van der Waals surface area contributed by atoms with Crippen molar-refractivity contribution in [2.24, 2.45) is 0 Å². The largest absolute Gasteiger partial charge is 0.483 e. The van der Waals surface area contributed by atoms with Crippen molar-refractivity contribution in [3.63, 3.8) is 0 Å². The quantitative estimate of drug-likeness (QED) is 0.351. The number of carbonyl (C=O) groups excluding carboxylic acids is 1. The third kappa shape index (κ3) is 5.48. The molecule has 0 saturated carbocycles. The van der Waals surface area contributed by atoms with Gasteiger partial charge in [0.25, 0.3) is 5.91 Å². The Morgan fingerprint density at radius 3 is 2.80 bits per heavy atom. The van der Waals surface area contributed by atoms with E-state index in [2.05, 4.69) is 15.3 Å². The molecule has 8 nitrogen and oxygen atoms in total. The lowest BCUT2D eigenvalue weighted by Gasteiger charge is -2.38. The number of morpholine rings is 1. The number of carbonyl (C=O) groups is 1. The van der Waals surface area contributed by atoms with Crippen LogP contribution in [0.15, 0.2) is 82.9 Å². The number of pyridine rings is 2. The molecule has 11 heteroatoms. The molecule has 2 aromatic carbocycles. The first kappa shape index (κ1) is 27.1. The number of benzene rings is 2. The lowest BCUT2D eigenvalue weighted by molar-refractivity contribution is -0.0152. The zero-order valence-corrected chi connectivity index (χ0v) is 22.6. The molecule has 0 unspecified atom stereocenters. The molecule has 0 spiro atoms. The van der Waals surface area contributed by atoms with Gasteiger partial charge in [0.1, 0.15) is 12.8 Å². The van der Waals surface area contributed by atoms with Crippen LogP contribution < -0.4 is 15.5 Å². The van der Waals surface area contributed by atoms with Gasteiger partial charge in [0.05, 0.1) is 19.3 Å². The smallest absolute Gasteiger partial charge is 0.275 e. The average Bonchev–Trinajstić information content (AvgIpc) is 3.16. The van der Waals surface area contributed by atoms with E-state index < -0.39 is 35.2 Å². The highest BCUT2D eigenvalue weighted by Gasteiger charge is 2.35. The molecule has 6 rings (SSSR count). The minimum atomic E-state index is -0.904. The Labute approximate surface area is 238 Å². The van der Waals surface area contributed by atoms with Crippen molar-refractivity contribution in [1.29, 1.82) is 0 Å². The molecule has 2 aromatic heterocycles. The van der Waals surface area contributed by atoms with Gasteiger partial charge in [0.2, 0.25) is 5.43 Å². The zero-order chi connectivity index (χ0) is 28.3. The summed E-state index contributed by atoms with van der Waals surface area (Å²) < 4.78 is 40.8. The zero-order valence-electron chi connectivity index (χ0n) is 21.8. The number of hydrogen-bond acceptors (Lipinski definition) is 7. The number of ether oxygens (including phenoxy) is 2. The van der Waals surface area contributed by atoms with Crippen LogP contribution in [0.5, 0.6) is 5.75 Å². The lowest BCUT2D eigenvalue weighted by Crippen LogP contribution is -2.56. The van der Waals surface area contributed by atoms with Crippen molar-refractivity contribution in [3.05, 3.63) is 123 Å². The molecule has 2 aliphatic heterocycles. The predicted molar refractivity (Wildman–Crippen MR) is 149 cm³/mol. The van der Waals surface area contributed by atoms with Crippen LogP contribution in [0, 0.1) is 11.6 Å². The van der Waals surface area contributed by atoms with Crippen LogP contribution in [-0.2, 0) is 17.1 Å². The summed E-state index contributed by atoms with van der Waals surface area (Å²) in [4.78, 5) is 36.1. The summed E-state index contributed by atoms with van der Waals surface area (Å²) >= 11 is 1.43. The van der Waals surface area contributed by atoms with E-state index in [1.165, 1.54) is 24.0 Å². The lowest BCUT2D eigenvalue weighted by atomic mass is 9.94. The third-order valence-electron chi connectivity index (χ3n) is 7.15. The van der Waals surface area contributed by atoms with Gasteiger partial charge in [-0.25, -0.2) is 8.78 Å². The molecule has 1 amide bonds. The SMILES string of the molecule is O=C(c1[nH]ccc(=O)c1OCc1ccncc1)N1CCOC[C@H]1N[C@@H]1c2ccccc2SCc2c1ccc(F)c2F. The number of nitrogens with one attached hydrogen (secondary N) is 2. The van der Waals surface area contributed by atoms with Gasteiger partial charge in [-0.1, -0.05) is 24.3 Å². The maximum Gasteiger partial charge on any atom is 0.275 e. The van der Waals surface area contributed by atoms with Crippen molar-refractivity contribution in [2.45, 2.75) is 29.5 Å². The second kappa shape index (κ2) is 11.8. The van der Waals surface area contributed by atoms with Crippen LogP contribution in [0.2, 0.25) is 0 Å². The highest BCUT2D eigenvalue weighted by molar-refractivity contribution is 7.98. The summed E-state index contributed by atoms with van der Waals surface area (Å²) in [6, 6.07) is 14.7. The molecule has 4 aromatic rings. The van der Waals surface area contributed by atoms with Crippen LogP contribution in [0.4, 0.5) is 8.78 Å². The van der Waals surface area contributed by atoms with Gasteiger partial charge in [-0.15, -0.1) is 11.8 Å². The second-order valence-corrected chi connectivity index (χ2v) is 10.7. The van der Waals surface area contributed by atoms with Gasteiger partial charge in [0, 0.05) is 47.4 Å². The van der Waals surface area contributed by atoms with Crippen LogP contribution in [0.3, 0.4) is 0 Å². The van der Waals surface area contributed by atoms with E-state index in [0.717, 1.165) is 22.1 Å². The first-order chi connectivity index (χ1) is 20.0. The van der Waals surface area contributed by atoms with Gasteiger partial charge in [-0.3, -0.25) is 19.9 Å². The molecule has 0 radical (unpaired) electrons. The van der Waals surface area contributed by atoms with Crippen LogP contribution in [0.25, 0.3) is 0 Å². The summed E-state index contributed by atoms with van der Waals surface area (Å²) in [6.07, 6.45) is 4.00. The highest BCUT2D eigenvalue weighted by Crippen LogP contribution is 2.41. The van der Waals surface area contributed by atoms with Crippen molar-refractivity contribution in [3.8, 4) is 5.75 Å². The number of aromatic nitrogens is 2. The fourth-order valence-electron chi connectivity index (χ4n) is 5.09. The summed E-state index contributed by atoms with van der Waals surface area (Å²) in [6.45, 7) is 0.768. The molecule has 210 valence electrons. The number of rotatable bonds is 6. The van der Waals surface area contributed by atoms with E-state index in [4.69, 9.17) is 9.47 Å². The Morgan fingerprint density at radius 1 is 1.12 bits per heavy atom. The Bertz CT molecular complexity index is 1630. The molecule has 4 heterocycles. The van der Waals surface area contributed by atoms with Gasteiger partial charge in [-0.05, 0) is 41.0 Å². The number of H-pyrrole nitrogens is 1. The maximum atomic E-state index is 15.0. The van der Waals surface area contributed by atoms with Crippen molar-refractivity contribution >= 4 is 17.7 Å². The van der Waals surface area contributed by atoms with Gasteiger partial charge >= 0.3 is 0 Å². The Balaban J connectivity index is 1.33. The van der Waals surface area contributed by atoms with Gasteiger partial charge in [-0.2, -0.15) is 0 Å². The normalized spacial score (nSPS) is 18.2. The van der Waals surface area contributed by atoms with Gasteiger partial charge < -0.3 is 19.4 Å². The molecule has 41 heavy (non-hydrogen) atoms. The number of fused-ring (bicyclic) bond motifs is 2. The van der Waals surface area contributed by atoms with Crippen LogP contribution in [0.1, 0.15) is 38.8 Å². The molecule has 0 bridgehead atoms. The molecule has 1 fully saturated rings. The summed E-state index contributed by atoms with van der Waals surface area (Å²) in [5.41, 5.74) is 2.13. The molecule has 2 N–H and O–H groups in total. The summed E-state index contributed by atoms with van der Waals surface area (Å²) in [5, 5.41) is 3.49. The van der Waals surface area contributed by atoms with E-state index in [1.54, 1.807) is 35.5 Å².